The van der Waals surface area contributed by atoms with Gasteiger partial charge in [-0.25, -0.2) is 9.79 Å². The van der Waals surface area contributed by atoms with Crippen LogP contribution in [0.15, 0.2) is 92.6 Å². The van der Waals surface area contributed by atoms with Crippen LogP contribution in [0.1, 0.15) is 36.6 Å². The molecule has 0 aliphatic carbocycles. The van der Waals surface area contributed by atoms with Gasteiger partial charge in [0, 0.05) is 22.1 Å². The van der Waals surface area contributed by atoms with E-state index in [0.717, 1.165) is 21.5 Å². The standard InChI is InChI=1S/C32H26BrN3O5S/c1-4-35-23-16-13-20(33)17-22(23)24(29(35)37)28-30(38)36-27(19-11-14-21(40-3)15-12-19)25(31(39)41-5-2)26(34-32(36)42-28)18-9-7-6-8-10-18/h6-17,27H,4-5H2,1-3H3/b28-24+/t27-/m0/s1. The third-order valence-electron chi connectivity index (χ3n) is 7.30. The van der Waals surface area contributed by atoms with Crippen molar-refractivity contribution < 1.29 is 19.1 Å². The van der Waals surface area contributed by atoms with Gasteiger partial charge in [0.05, 0.1) is 42.3 Å². The summed E-state index contributed by atoms with van der Waals surface area (Å²) >= 11 is 4.67. The summed E-state index contributed by atoms with van der Waals surface area (Å²) in [5.74, 6) is -0.177. The first kappa shape index (κ1) is 27.9. The zero-order chi connectivity index (χ0) is 29.5. The van der Waals surface area contributed by atoms with Crippen molar-refractivity contribution in [2.75, 3.05) is 25.2 Å². The van der Waals surface area contributed by atoms with Gasteiger partial charge in [0.25, 0.3) is 11.5 Å². The van der Waals surface area contributed by atoms with E-state index >= 15 is 0 Å². The van der Waals surface area contributed by atoms with Crippen LogP contribution in [-0.2, 0) is 14.3 Å². The van der Waals surface area contributed by atoms with E-state index in [9.17, 15) is 14.4 Å². The van der Waals surface area contributed by atoms with E-state index in [0.29, 0.717) is 45.1 Å². The molecule has 3 heterocycles. The Hall–Kier alpha value is -4.28. The van der Waals surface area contributed by atoms with Crippen molar-refractivity contribution in [3.8, 4) is 5.75 Å². The van der Waals surface area contributed by atoms with Gasteiger partial charge in [-0.2, -0.15) is 0 Å². The van der Waals surface area contributed by atoms with Gasteiger partial charge < -0.3 is 14.4 Å². The van der Waals surface area contributed by atoms with Gasteiger partial charge in [0.1, 0.15) is 10.3 Å². The Kier molecular flexibility index (Phi) is 7.42. The first-order valence-corrected chi connectivity index (χ1v) is 15.1. The fourth-order valence-electron chi connectivity index (χ4n) is 5.43. The van der Waals surface area contributed by atoms with Crippen LogP contribution in [0.5, 0.6) is 5.75 Å². The van der Waals surface area contributed by atoms with Crippen LogP contribution in [-0.4, -0.2) is 36.7 Å². The molecule has 6 rings (SSSR count). The Morgan fingerprint density at radius 2 is 1.76 bits per heavy atom. The van der Waals surface area contributed by atoms with Crippen molar-refractivity contribution >= 4 is 56.1 Å². The van der Waals surface area contributed by atoms with Gasteiger partial charge >= 0.3 is 5.97 Å². The number of methoxy groups -OCH3 is 1. The van der Waals surface area contributed by atoms with E-state index in [2.05, 4.69) is 15.9 Å². The number of amides is 1. The first-order valence-electron chi connectivity index (χ1n) is 13.4. The number of benzene rings is 3. The number of rotatable bonds is 6. The molecule has 0 fully saturated rings. The Bertz CT molecular complexity index is 1940. The number of hydrogen-bond acceptors (Lipinski definition) is 7. The van der Waals surface area contributed by atoms with Crippen LogP contribution in [0.2, 0.25) is 0 Å². The van der Waals surface area contributed by atoms with Crippen LogP contribution in [0.4, 0.5) is 5.69 Å². The maximum atomic E-state index is 14.4. The molecule has 0 bridgehead atoms. The molecule has 1 aromatic heterocycles. The zero-order valence-electron chi connectivity index (χ0n) is 23.1. The van der Waals surface area contributed by atoms with Crippen LogP contribution in [0, 0.1) is 0 Å². The second-order valence-electron chi connectivity index (χ2n) is 9.61. The molecule has 2 aliphatic heterocycles. The second kappa shape index (κ2) is 11.2. The number of nitrogens with zero attached hydrogens (tertiary/aromatic N) is 3. The fourth-order valence-corrected chi connectivity index (χ4v) is 6.88. The molecule has 0 unspecified atom stereocenters. The highest BCUT2D eigenvalue weighted by Gasteiger charge is 2.38. The van der Waals surface area contributed by atoms with E-state index in [1.165, 1.54) is 4.57 Å². The van der Waals surface area contributed by atoms with Crippen LogP contribution in [0.3, 0.4) is 0 Å². The van der Waals surface area contributed by atoms with Crippen LogP contribution >= 0.6 is 27.3 Å². The smallest absolute Gasteiger partial charge is 0.338 e. The average molecular weight is 645 g/mol. The quantitative estimate of drug-likeness (QED) is 0.290. The molecule has 2 aliphatic rings. The van der Waals surface area contributed by atoms with E-state index in [1.807, 2.05) is 67.6 Å². The van der Waals surface area contributed by atoms with Crippen LogP contribution in [0.25, 0.3) is 11.3 Å². The molecule has 0 N–H and O–H groups in total. The molecule has 42 heavy (non-hydrogen) atoms. The van der Waals surface area contributed by atoms with Crippen molar-refractivity contribution in [2.45, 2.75) is 19.9 Å². The van der Waals surface area contributed by atoms with Crippen molar-refractivity contribution in [2.24, 2.45) is 4.99 Å². The highest BCUT2D eigenvalue weighted by atomic mass is 79.9. The van der Waals surface area contributed by atoms with Gasteiger partial charge in [0.15, 0.2) is 4.80 Å². The zero-order valence-corrected chi connectivity index (χ0v) is 25.5. The fraction of sp³-hybridized carbons (Fsp3) is 0.188. The molecule has 1 amide bonds. The van der Waals surface area contributed by atoms with E-state index in [1.54, 1.807) is 31.1 Å². The Morgan fingerprint density at radius 3 is 2.43 bits per heavy atom. The number of carbonyl (C=O) groups excluding carboxylic acids is 2. The first-order chi connectivity index (χ1) is 20.4. The summed E-state index contributed by atoms with van der Waals surface area (Å²) in [6.07, 6.45) is 0. The molecule has 3 aromatic carbocycles. The molecule has 4 aromatic rings. The van der Waals surface area contributed by atoms with Gasteiger partial charge in [-0.05, 0) is 49.7 Å². The van der Waals surface area contributed by atoms with Crippen LogP contribution < -0.4 is 24.5 Å². The molecule has 0 saturated heterocycles. The third-order valence-corrected chi connectivity index (χ3v) is 8.85. The predicted molar refractivity (Wildman–Crippen MR) is 165 cm³/mol. The maximum Gasteiger partial charge on any atom is 0.338 e. The maximum absolute atomic E-state index is 14.4. The summed E-state index contributed by atoms with van der Waals surface area (Å²) in [7, 11) is 1.57. The summed E-state index contributed by atoms with van der Waals surface area (Å²) < 4.78 is 13.5. The number of likely N-dealkylation sites (N-methyl/N-ethyl adjacent to an activating group) is 1. The van der Waals surface area contributed by atoms with E-state index in [4.69, 9.17) is 14.5 Å². The predicted octanol–water partition coefficient (Wildman–Crippen LogP) is 4.44. The molecule has 0 saturated carbocycles. The molecule has 8 nitrogen and oxygen atoms in total. The topological polar surface area (TPSA) is 90.2 Å². The van der Waals surface area contributed by atoms with Gasteiger partial charge in [0.2, 0.25) is 0 Å². The number of fused-ring (bicyclic) bond motifs is 2. The highest BCUT2D eigenvalue weighted by molar-refractivity contribution is 9.10. The number of aromatic nitrogens is 1. The number of anilines is 1. The molecule has 212 valence electrons. The Morgan fingerprint density at radius 1 is 1.02 bits per heavy atom. The number of hydrogen-bond donors (Lipinski definition) is 0. The lowest BCUT2D eigenvalue weighted by Gasteiger charge is -2.26. The second-order valence-corrected chi connectivity index (χ2v) is 11.5. The van der Waals surface area contributed by atoms with Crippen molar-refractivity contribution in [1.82, 2.24) is 4.57 Å². The molecule has 0 spiro atoms. The molecular formula is C32H26BrN3O5S. The molecule has 1 atom stereocenters. The SMILES string of the molecule is CCOC(=O)C1=C(c2ccccc2)N=c2s/c(=C3/C(=O)N(CC)c4ccc(Br)cc43)c(=O)n2[C@H]1c1ccc(OC)cc1. The number of thiazole rings is 1. The lowest BCUT2D eigenvalue weighted by molar-refractivity contribution is -0.138. The van der Waals surface area contributed by atoms with Crippen molar-refractivity contribution in [1.29, 1.82) is 0 Å². The molecule has 0 radical (unpaired) electrons. The summed E-state index contributed by atoms with van der Waals surface area (Å²) in [6.45, 7) is 4.24. The number of esters is 1. The highest BCUT2D eigenvalue weighted by Crippen LogP contribution is 2.38. The minimum absolute atomic E-state index is 0.154. The Balaban J connectivity index is 1.71. The average Bonchev–Trinajstić information content (AvgIpc) is 3.47. The minimum atomic E-state index is -0.850. The summed E-state index contributed by atoms with van der Waals surface area (Å²) in [5, 5.41) is 0. The Labute approximate surface area is 254 Å². The number of carbonyl (C=O) groups is 2. The lowest BCUT2D eigenvalue weighted by atomic mass is 9.93. The lowest BCUT2D eigenvalue weighted by Crippen LogP contribution is -2.41. The van der Waals surface area contributed by atoms with E-state index in [-0.39, 0.29) is 22.6 Å². The minimum Gasteiger partial charge on any atom is -0.497 e. The van der Waals surface area contributed by atoms with Crippen molar-refractivity contribution in [3.63, 3.8) is 0 Å². The normalized spacial score (nSPS) is 17.1. The third kappa shape index (κ3) is 4.51. The summed E-state index contributed by atoms with van der Waals surface area (Å²) in [6, 6.07) is 21.3. The summed E-state index contributed by atoms with van der Waals surface area (Å²) in [4.78, 5) is 48.8. The van der Waals surface area contributed by atoms with Gasteiger partial charge in [-0.3, -0.25) is 14.2 Å². The summed E-state index contributed by atoms with van der Waals surface area (Å²) in [5.41, 5.74) is 3.40. The monoisotopic (exact) mass is 643 g/mol. The van der Waals surface area contributed by atoms with Gasteiger partial charge in [-0.1, -0.05) is 69.7 Å². The van der Waals surface area contributed by atoms with E-state index < -0.39 is 17.6 Å². The van der Waals surface area contributed by atoms with Crippen molar-refractivity contribution in [3.05, 3.63) is 119 Å². The molecular weight excluding hydrogens is 618 g/mol. The number of halogens is 1. The van der Waals surface area contributed by atoms with Gasteiger partial charge in [-0.15, -0.1) is 0 Å². The number of ether oxygens (including phenoxy) is 2. The largest absolute Gasteiger partial charge is 0.497 e. The molecule has 10 heteroatoms.